The van der Waals surface area contributed by atoms with E-state index >= 15 is 0 Å². The molecule has 0 saturated heterocycles. The fourth-order valence-corrected chi connectivity index (χ4v) is 5.73. The Balaban J connectivity index is 1.69. The predicted molar refractivity (Wildman–Crippen MR) is 137 cm³/mol. The Morgan fingerprint density at radius 1 is 1.19 bits per heavy atom. The van der Waals surface area contributed by atoms with Gasteiger partial charge >= 0.3 is 0 Å². The van der Waals surface area contributed by atoms with Crippen LogP contribution in [0.15, 0.2) is 46.7 Å². The molecule has 5 rings (SSSR count). The van der Waals surface area contributed by atoms with Gasteiger partial charge in [-0.1, -0.05) is 17.7 Å². The Labute approximate surface area is 221 Å². The monoisotopic (exact) mass is 562 g/mol. The molecule has 1 aliphatic carbocycles. The molecule has 1 aliphatic rings. The van der Waals surface area contributed by atoms with Gasteiger partial charge in [0.05, 0.1) is 16.4 Å². The number of sulfonamides is 1. The van der Waals surface area contributed by atoms with Crippen molar-refractivity contribution in [2.24, 2.45) is 11.1 Å². The molecule has 1 saturated carbocycles. The van der Waals surface area contributed by atoms with Gasteiger partial charge in [0.25, 0.3) is 0 Å². The van der Waals surface area contributed by atoms with Gasteiger partial charge in [0.15, 0.2) is 5.78 Å². The number of carbonyl (C=O) groups is 1. The van der Waals surface area contributed by atoms with Crippen LogP contribution in [0.5, 0.6) is 0 Å². The molecule has 2 heterocycles. The minimum Gasteiger partial charge on any atom is -0.293 e. The molecule has 0 atom stereocenters. The maximum absolute atomic E-state index is 14.7. The Hall–Kier alpha value is -2.99. The molecule has 12 heteroatoms. The second-order valence-corrected chi connectivity index (χ2v) is 11.8. The van der Waals surface area contributed by atoms with Gasteiger partial charge in [-0.25, -0.2) is 32.0 Å². The van der Waals surface area contributed by atoms with Crippen LogP contribution in [0.3, 0.4) is 0 Å². The maximum Gasteiger partial charge on any atom is 0.240 e. The third-order valence-corrected chi connectivity index (χ3v) is 8.23. The van der Waals surface area contributed by atoms with Crippen molar-refractivity contribution >= 4 is 38.7 Å². The highest BCUT2D eigenvalue weighted by atomic mass is 35.5. The van der Waals surface area contributed by atoms with Gasteiger partial charge in [0.1, 0.15) is 22.2 Å². The molecule has 2 aromatic heterocycles. The van der Waals surface area contributed by atoms with E-state index < -0.39 is 26.6 Å². The first kappa shape index (κ1) is 25.7. The molecular weight excluding hydrogens is 542 g/mol. The van der Waals surface area contributed by atoms with Crippen molar-refractivity contribution in [3.05, 3.63) is 81.0 Å². The molecule has 0 spiro atoms. The van der Waals surface area contributed by atoms with Gasteiger partial charge in [-0.15, -0.1) is 11.3 Å². The molecule has 7 nitrogen and oxygen atoms in total. The van der Waals surface area contributed by atoms with Crippen LogP contribution in [0.2, 0.25) is 5.02 Å². The van der Waals surface area contributed by atoms with E-state index in [0.29, 0.717) is 40.0 Å². The van der Waals surface area contributed by atoms with E-state index in [1.54, 1.807) is 16.1 Å². The fourth-order valence-electron chi connectivity index (χ4n) is 4.12. The third kappa shape index (κ3) is 5.35. The number of primary sulfonamides is 1. The molecule has 0 amide bonds. The van der Waals surface area contributed by atoms with Gasteiger partial charge in [-0.05, 0) is 61.1 Å². The Morgan fingerprint density at radius 2 is 1.95 bits per heavy atom. The second kappa shape index (κ2) is 9.71. The number of nitrogens with two attached hydrogens (primary N) is 1. The molecule has 0 radical (unpaired) electrons. The first-order valence-electron chi connectivity index (χ1n) is 11.4. The lowest BCUT2D eigenvalue weighted by Crippen LogP contribution is -2.14. The average molecular weight is 563 g/mol. The number of nitrogens with zero attached hydrogens (tertiary/aromatic N) is 3. The van der Waals surface area contributed by atoms with Crippen molar-refractivity contribution in [3.8, 4) is 16.4 Å². The first-order chi connectivity index (χ1) is 17.5. The van der Waals surface area contributed by atoms with E-state index in [4.69, 9.17) is 21.8 Å². The molecule has 0 aliphatic heterocycles. The van der Waals surface area contributed by atoms with E-state index in [1.165, 1.54) is 36.5 Å². The van der Waals surface area contributed by atoms with Gasteiger partial charge < -0.3 is 0 Å². The second-order valence-electron chi connectivity index (χ2n) is 9.02. The zero-order valence-corrected chi connectivity index (χ0v) is 21.9. The summed E-state index contributed by atoms with van der Waals surface area (Å²) >= 11 is 7.35. The van der Waals surface area contributed by atoms with Crippen LogP contribution < -0.4 is 5.14 Å². The fraction of sp³-hybridized carbons (Fsp3) is 0.240. The van der Waals surface area contributed by atoms with E-state index in [1.807, 2.05) is 0 Å². The van der Waals surface area contributed by atoms with Crippen molar-refractivity contribution < 1.29 is 22.0 Å². The number of halogens is 3. The number of benzene rings is 2. The highest BCUT2D eigenvalue weighted by Gasteiger charge is 2.29. The summed E-state index contributed by atoms with van der Waals surface area (Å²) in [4.78, 5) is 15.7. The number of Topliss-reactive ketones (excluding diaryl/α,β-unsaturated/α-hetero) is 1. The quantitative estimate of drug-likeness (QED) is 0.292. The number of ketones is 1. The predicted octanol–water partition coefficient (Wildman–Crippen LogP) is 5.32. The summed E-state index contributed by atoms with van der Waals surface area (Å²) in [5.41, 5.74) is 3.46. The standard InChI is InChI=1S/C25H21ClF2N4O3S2/c1-13(33)21-12-36-25(30-21)32-22(10-14-2-3-14)17(24(31-32)16-5-6-19(27)18(26)11-16)8-15-4-7-23(20(28)9-15)37(29,34)35/h4-7,9,11-12,14H,2-3,8,10H2,1H3,(H2,29,34,35). The largest absolute Gasteiger partial charge is 0.293 e. The highest BCUT2D eigenvalue weighted by Crippen LogP contribution is 2.38. The van der Waals surface area contributed by atoms with E-state index in [9.17, 15) is 22.0 Å². The van der Waals surface area contributed by atoms with Crippen molar-refractivity contribution in [3.63, 3.8) is 0 Å². The number of thiazole rings is 1. The lowest BCUT2D eigenvalue weighted by Gasteiger charge is -2.10. The molecule has 37 heavy (non-hydrogen) atoms. The highest BCUT2D eigenvalue weighted by molar-refractivity contribution is 7.89. The van der Waals surface area contributed by atoms with Crippen LogP contribution in [-0.2, 0) is 22.9 Å². The summed E-state index contributed by atoms with van der Waals surface area (Å²) in [6, 6.07) is 8.06. The Morgan fingerprint density at radius 3 is 2.54 bits per heavy atom. The SMILES string of the molecule is CC(=O)c1csc(-n2nc(-c3ccc(F)c(Cl)c3)c(Cc3ccc(S(N)(=O)=O)c(F)c3)c2CC2CC2)n1. The minimum atomic E-state index is -4.21. The summed E-state index contributed by atoms with van der Waals surface area (Å²) in [5.74, 6) is -1.26. The average Bonchev–Trinajstić information content (AvgIpc) is 3.38. The molecule has 2 N–H and O–H groups in total. The van der Waals surface area contributed by atoms with Crippen LogP contribution in [0.25, 0.3) is 16.4 Å². The first-order valence-corrected chi connectivity index (χ1v) is 14.2. The van der Waals surface area contributed by atoms with Gasteiger partial charge in [0, 0.05) is 29.9 Å². The Kier molecular flexibility index (Phi) is 6.73. The summed E-state index contributed by atoms with van der Waals surface area (Å²) < 4.78 is 53.6. The molecule has 1 fully saturated rings. The number of hydrogen-bond acceptors (Lipinski definition) is 6. The van der Waals surface area contributed by atoms with Crippen molar-refractivity contribution in [2.75, 3.05) is 0 Å². The van der Waals surface area contributed by atoms with Gasteiger partial charge in [0.2, 0.25) is 15.2 Å². The number of rotatable bonds is 8. The van der Waals surface area contributed by atoms with Gasteiger partial charge in [-0.2, -0.15) is 5.10 Å². The lowest BCUT2D eigenvalue weighted by atomic mass is 9.97. The molecule has 4 aromatic rings. The van der Waals surface area contributed by atoms with E-state index in [-0.39, 0.29) is 17.2 Å². The van der Waals surface area contributed by atoms with Crippen LogP contribution in [0.1, 0.15) is 47.1 Å². The number of hydrogen-bond donors (Lipinski definition) is 1. The molecule has 0 unspecified atom stereocenters. The van der Waals surface area contributed by atoms with Crippen LogP contribution >= 0.6 is 22.9 Å². The number of aromatic nitrogens is 3. The van der Waals surface area contributed by atoms with E-state index in [0.717, 1.165) is 36.2 Å². The Bertz CT molecular complexity index is 1650. The summed E-state index contributed by atoms with van der Waals surface area (Å²) in [5, 5.41) is 12.0. The van der Waals surface area contributed by atoms with Gasteiger partial charge in [-0.3, -0.25) is 4.79 Å². The normalized spacial score (nSPS) is 13.8. The van der Waals surface area contributed by atoms with Crippen molar-refractivity contribution in [1.29, 1.82) is 0 Å². The van der Waals surface area contributed by atoms with Crippen LogP contribution in [-0.4, -0.2) is 29.0 Å². The molecule has 192 valence electrons. The molecular formula is C25H21ClF2N4O3S2. The molecule has 2 aromatic carbocycles. The van der Waals surface area contributed by atoms with Crippen molar-refractivity contribution in [2.45, 2.75) is 37.5 Å². The smallest absolute Gasteiger partial charge is 0.240 e. The minimum absolute atomic E-state index is 0.0709. The summed E-state index contributed by atoms with van der Waals surface area (Å²) in [6.45, 7) is 1.43. The van der Waals surface area contributed by atoms with E-state index in [2.05, 4.69) is 4.98 Å². The van der Waals surface area contributed by atoms with Crippen LogP contribution in [0.4, 0.5) is 8.78 Å². The summed E-state index contributed by atoms with van der Waals surface area (Å²) in [7, 11) is -4.21. The molecule has 0 bridgehead atoms. The third-order valence-electron chi connectivity index (χ3n) is 6.18. The van der Waals surface area contributed by atoms with Crippen molar-refractivity contribution in [1.82, 2.24) is 14.8 Å². The summed E-state index contributed by atoms with van der Waals surface area (Å²) in [6.07, 6.45) is 2.98. The topological polar surface area (TPSA) is 108 Å². The number of carbonyl (C=O) groups excluding carboxylic acids is 1. The maximum atomic E-state index is 14.7. The lowest BCUT2D eigenvalue weighted by molar-refractivity contribution is 0.101. The zero-order valence-electron chi connectivity index (χ0n) is 19.5. The van der Waals surface area contributed by atoms with Crippen LogP contribution in [0, 0.1) is 17.6 Å². The zero-order chi connectivity index (χ0) is 26.5.